The van der Waals surface area contributed by atoms with Crippen LogP contribution in [0.3, 0.4) is 0 Å². The van der Waals surface area contributed by atoms with Crippen LogP contribution in [0.25, 0.3) is 23.0 Å². The Morgan fingerprint density at radius 3 is 2.50 bits per heavy atom. The largest absolute Gasteiger partial charge is 0.233 e. The molecule has 0 unspecified atom stereocenters. The maximum Gasteiger partial charge on any atom is 0.0740 e. The predicted molar refractivity (Wildman–Crippen MR) is 100 cm³/mol. The summed E-state index contributed by atoms with van der Waals surface area (Å²) in [6.07, 6.45) is 5.28. The van der Waals surface area contributed by atoms with Crippen molar-refractivity contribution in [1.82, 2.24) is 9.78 Å². The fourth-order valence-electron chi connectivity index (χ4n) is 3.27. The Morgan fingerprint density at radius 1 is 0.958 bits per heavy atom. The highest BCUT2D eigenvalue weighted by Crippen LogP contribution is 2.37. The summed E-state index contributed by atoms with van der Waals surface area (Å²) < 4.78 is 2.03. The molecule has 1 aliphatic carbocycles. The number of aromatic nitrogens is 2. The second-order valence-corrected chi connectivity index (χ2v) is 7.47. The van der Waals surface area contributed by atoms with Crippen LogP contribution in [0.2, 0.25) is 0 Å². The lowest BCUT2D eigenvalue weighted by Gasteiger charge is -2.19. The Bertz CT molecular complexity index is 909. The Hall–Kier alpha value is -2.61. The second kappa shape index (κ2) is 5.48. The fourth-order valence-corrected chi connectivity index (χ4v) is 3.27. The Balaban J connectivity index is 1.76. The van der Waals surface area contributed by atoms with E-state index in [-0.39, 0.29) is 5.41 Å². The molecule has 0 fully saturated rings. The minimum Gasteiger partial charge on any atom is -0.233 e. The first-order valence-corrected chi connectivity index (χ1v) is 8.46. The number of fused-ring (bicyclic) bond motifs is 1. The molecule has 2 aromatic carbocycles. The zero-order valence-electron chi connectivity index (χ0n) is 14.5. The van der Waals surface area contributed by atoms with E-state index in [1.54, 1.807) is 0 Å². The number of allylic oxidation sites excluding steroid dienone is 1. The molecule has 2 heteroatoms. The molecule has 0 atom stereocenters. The molecular weight excluding hydrogens is 292 g/mol. The maximum atomic E-state index is 4.55. The third-order valence-electron chi connectivity index (χ3n) is 4.76. The molecule has 2 nitrogen and oxygen atoms in total. The smallest absolute Gasteiger partial charge is 0.0740 e. The van der Waals surface area contributed by atoms with E-state index < -0.39 is 0 Å². The quantitative estimate of drug-likeness (QED) is 0.608. The third kappa shape index (κ3) is 2.58. The zero-order chi connectivity index (χ0) is 16.7. The lowest BCUT2D eigenvalue weighted by Crippen LogP contribution is -2.08. The van der Waals surface area contributed by atoms with Crippen molar-refractivity contribution in [3.8, 4) is 16.9 Å². The van der Waals surface area contributed by atoms with Crippen LogP contribution in [0.15, 0.2) is 66.4 Å². The Kier molecular flexibility index (Phi) is 3.42. The predicted octanol–water partition coefficient (Wildman–Crippen LogP) is 5.52. The minimum atomic E-state index is 0.222. The highest BCUT2D eigenvalue weighted by atomic mass is 15.3. The summed E-state index contributed by atoms with van der Waals surface area (Å²) in [5, 5.41) is 4.55. The summed E-state index contributed by atoms with van der Waals surface area (Å²) in [6, 6.07) is 19.2. The van der Waals surface area contributed by atoms with Crippen LogP contribution in [-0.4, -0.2) is 9.78 Å². The van der Waals surface area contributed by atoms with Crippen molar-refractivity contribution in [2.24, 2.45) is 5.41 Å². The first-order chi connectivity index (χ1) is 11.5. The van der Waals surface area contributed by atoms with Gasteiger partial charge in [0.05, 0.1) is 17.6 Å². The van der Waals surface area contributed by atoms with Gasteiger partial charge >= 0.3 is 0 Å². The summed E-state index contributed by atoms with van der Waals surface area (Å²) in [5.41, 5.74) is 7.88. The molecule has 1 heterocycles. The molecule has 0 N–H and O–H groups in total. The molecule has 24 heavy (non-hydrogen) atoms. The third-order valence-corrected chi connectivity index (χ3v) is 4.76. The molecule has 4 rings (SSSR count). The van der Waals surface area contributed by atoms with Crippen molar-refractivity contribution in [1.29, 1.82) is 0 Å². The van der Waals surface area contributed by atoms with Crippen LogP contribution >= 0.6 is 0 Å². The fraction of sp³-hybridized carbons (Fsp3) is 0.227. The van der Waals surface area contributed by atoms with Gasteiger partial charge in [-0.2, -0.15) is 5.10 Å². The van der Waals surface area contributed by atoms with Crippen molar-refractivity contribution < 1.29 is 0 Å². The van der Waals surface area contributed by atoms with Gasteiger partial charge in [0.2, 0.25) is 0 Å². The molecule has 0 amide bonds. The lowest BCUT2D eigenvalue weighted by molar-refractivity contribution is 0.498. The molecule has 0 spiro atoms. The van der Waals surface area contributed by atoms with Gasteiger partial charge in [-0.05, 0) is 41.2 Å². The minimum absolute atomic E-state index is 0.222. The number of benzene rings is 2. The highest BCUT2D eigenvalue weighted by Gasteiger charge is 2.23. The number of hydrogen-bond donors (Lipinski definition) is 0. The van der Waals surface area contributed by atoms with Crippen molar-refractivity contribution in [2.75, 3.05) is 0 Å². The first-order valence-electron chi connectivity index (χ1n) is 8.46. The molecule has 0 radical (unpaired) electrons. The van der Waals surface area contributed by atoms with Crippen molar-refractivity contribution >= 4 is 6.08 Å². The van der Waals surface area contributed by atoms with Crippen molar-refractivity contribution in [3.63, 3.8) is 0 Å². The van der Waals surface area contributed by atoms with Gasteiger partial charge < -0.3 is 0 Å². The molecule has 0 bridgehead atoms. The maximum absolute atomic E-state index is 4.55. The van der Waals surface area contributed by atoms with E-state index in [2.05, 4.69) is 80.5 Å². The molecule has 120 valence electrons. The van der Waals surface area contributed by atoms with Gasteiger partial charge in [0, 0.05) is 5.56 Å². The van der Waals surface area contributed by atoms with E-state index in [1.807, 2.05) is 16.9 Å². The summed E-state index contributed by atoms with van der Waals surface area (Å²) in [4.78, 5) is 0. The molecule has 1 aliphatic rings. The summed E-state index contributed by atoms with van der Waals surface area (Å²) in [5.74, 6) is 0. The zero-order valence-corrected chi connectivity index (χ0v) is 14.5. The van der Waals surface area contributed by atoms with Gasteiger partial charge in [0.1, 0.15) is 0 Å². The molecule has 0 saturated heterocycles. The first kappa shape index (κ1) is 14.9. The molecular formula is C22H22N2. The summed E-state index contributed by atoms with van der Waals surface area (Å²) >= 11 is 0. The molecule has 0 aliphatic heterocycles. The highest BCUT2D eigenvalue weighted by molar-refractivity contribution is 5.68. The number of hydrogen-bond acceptors (Lipinski definition) is 1. The van der Waals surface area contributed by atoms with Gasteiger partial charge in [-0.1, -0.05) is 68.8 Å². The second-order valence-electron chi connectivity index (χ2n) is 7.47. The van der Waals surface area contributed by atoms with E-state index in [0.717, 1.165) is 17.8 Å². The van der Waals surface area contributed by atoms with E-state index in [1.165, 1.54) is 22.3 Å². The van der Waals surface area contributed by atoms with Gasteiger partial charge in [-0.25, -0.2) is 4.68 Å². The Morgan fingerprint density at radius 2 is 1.75 bits per heavy atom. The van der Waals surface area contributed by atoms with Crippen LogP contribution in [0.1, 0.15) is 31.9 Å². The van der Waals surface area contributed by atoms with Crippen LogP contribution < -0.4 is 0 Å². The van der Waals surface area contributed by atoms with Crippen LogP contribution in [0, 0.1) is 5.41 Å². The monoisotopic (exact) mass is 314 g/mol. The van der Waals surface area contributed by atoms with Gasteiger partial charge in [0.25, 0.3) is 0 Å². The van der Waals surface area contributed by atoms with Crippen LogP contribution in [0.5, 0.6) is 0 Å². The van der Waals surface area contributed by atoms with E-state index >= 15 is 0 Å². The lowest BCUT2D eigenvalue weighted by atomic mass is 9.85. The van der Waals surface area contributed by atoms with Crippen molar-refractivity contribution in [2.45, 2.75) is 27.2 Å². The summed E-state index contributed by atoms with van der Waals surface area (Å²) in [6.45, 7) is 6.85. The Labute approximate surface area is 143 Å². The standard InChI is InChI=1S/C22H22N2/c1-22(2,3)19-13-17-9-10-20(15-18(17)14-19)24-21(11-12-23-24)16-7-5-4-6-8-16/h4-12,14-15H,13H2,1-3H3. The average molecular weight is 314 g/mol. The van der Waals surface area contributed by atoms with E-state index in [4.69, 9.17) is 0 Å². The van der Waals surface area contributed by atoms with E-state index in [9.17, 15) is 0 Å². The normalized spacial score (nSPS) is 13.7. The van der Waals surface area contributed by atoms with Gasteiger partial charge in [-0.3, -0.25) is 0 Å². The number of nitrogens with zero attached hydrogens (tertiary/aromatic N) is 2. The molecule has 1 aromatic heterocycles. The van der Waals surface area contributed by atoms with Gasteiger partial charge in [0.15, 0.2) is 0 Å². The summed E-state index contributed by atoms with van der Waals surface area (Å²) in [7, 11) is 0. The molecule has 0 saturated carbocycles. The number of rotatable bonds is 2. The van der Waals surface area contributed by atoms with Crippen LogP contribution in [-0.2, 0) is 6.42 Å². The molecule has 3 aromatic rings. The van der Waals surface area contributed by atoms with Crippen molar-refractivity contribution in [3.05, 3.63) is 77.5 Å². The van der Waals surface area contributed by atoms with Gasteiger partial charge in [-0.15, -0.1) is 0 Å². The average Bonchev–Trinajstić information content (AvgIpc) is 3.21. The van der Waals surface area contributed by atoms with Crippen LogP contribution in [0.4, 0.5) is 0 Å². The SMILES string of the molecule is CC(C)(C)C1=Cc2cc(-n3nccc3-c3ccccc3)ccc2C1. The van der Waals surface area contributed by atoms with E-state index in [0.29, 0.717) is 0 Å². The topological polar surface area (TPSA) is 17.8 Å².